The van der Waals surface area contributed by atoms with E-state index in [1.54, 1.807) is 38.2 Å². The first kappa shape index (κ1) is 27.0. The number of likely N-dealkylation sites (N-methyl/N-ethyl adjacent to an activating group) is 1. The van der Waals surface area contributed by atoms with Crippen molar-refractivity contribution < 1.29 is 23.8 Å². The van der Waals surface area contributed by atoms with E-state index in [2.05, 4.69) is 11.1 Å². The van der Waals surface area contributed by atoms with E-state index < -0.39 is 5.97 Å². The second kappa shape index (κ2) is 12.5. The summed E-state index contributed by atoms with van der Waals surface area (Å²) in [6, 6.07) is 20.6. The third-order valence-electron chi connectivity index (χ3n) is 5.63. The molecule has 196 valence electrons. The average molecular weight is 531 g/mol. The van der Waals surface area contributed by atoms with Crippen LogP contribution >= 0.6 is 11.8 Å². The summed E-state index contributed by atoms with van der Waals surface area (Å²) in [7, 11) is 1.68. The first-order chi connectivity index (χ1) is 18.4. The molecule has 0 saturated carbocycles. The quantitative estimate of drug-likeness (QED) is 0.236. The molecule has 0 bridgehead atoms. The van der Waals surface area contributed by atoms with Crippen LogP contribution in [0, 0.1) is 6.92 Å². The summed E-state index contributed by atoms with van der Waals surface area (Å²) in [5.74, 6) is 0.688. The van der Waals surface area contributed by atoms with Crippen molar-refractivity contribution in [3.63, 3.8) is 0 Å². The third-order valence-corrected chi connectivity index (χ3v) is 6.69. The van der Waals surface area contributed by atoms with E-state index in [-0.39, 0.29) is 5.91 Å². The predicted molar refractivity (Wildman–Crippen MR) is 151 cm³/mol. The van der Waals surface area contributed by atoms with Crippen LogP contribution in [0.5, 0.6) is 11.5 Å². The van der Waals surface area contributed by atoms with Gasteiger partial charge in [-0.15, -0.1) is 0 Å². The number of carbonyl (C=O) groups is 2. The molecule has 3 aromatic carbocycles. The Balaban J connectivity index is 1.53. The van der Waals surface area contributed by atoms with Crippen molar-refractivity contribution in [3.05, 3.63) is 93.9 Å². The summed E-state index contributed by atoms with van der Waals surface area (Å²) in [5.41, 5.74) is 4.04. The smallest absolute Gasteiger partial charge is 0.338 e. The zero-order valence-electron chi connectivity index (χ0n) is 21.9. The number of ether oxygens (including phenoxy) is 3. The largest absolute Gasteiger partial charge is 0.490 e. The number of amides is 1. The Bertz CT molecular complexity index is 1400. The van der Waals surface area contributed by atoms with E-state index in [4.69, 9.17) is 14.2 Å². The lowest BCUT2D eigenvalue weighted by atomic mass is 10.1. The third kappa shape index (κ3) is 6.63. The molecule has 1 heterocycles. The van der Waals surface area contributed by atoms with Gasteiger partial charge in [-0.05, 0) is 80.1 Å². The Morgan fingerprint density at radius 3 is 2.55 bits per heavy atom. The molecule has 0 N–H and O–H groups in total. The van der Waals surface area contributed by atoms with Crippen LogP contribution in [0.15, 0.2) is 76.6 Å². The highest BCUT2D eigenvalue weighted by molar-refractivity contribution is 8.18. The van der Waals surface area contributed by atoms with Crippen LogP contribution in [-0.4, -0.2) is 42.2 Å². The number of carbonyl (C=O) groups excluding carboxylic acids is 2. The van der Waals surface area contributed by atoms with Crippen molar-refractivity contribution in [1.82, 2.24) is 4.90 Å². The summed E-state index contributed by atoms with van der Waals surface area (Å²) in [4.78, 5) is 31.6. The van der Waals surface area contributed by atoms with Gasteiger partial charge in [0.15, 0.2) is 16.7 Å². The topological polar surface area (TPSA) is 77.4 Å². The van der Waals surface area contributed by atoms with Crippen LogP contribution in [0.1, 0.15) is 40.9 Å². The molecule has 0 aliphatic carbocycles. The lowest BCUT2D eigenvalue weighted by molar-refractivity contribution is -0.121. The van der Waals surface area contributed by atoms with Gasteiger partial charge in [-0.1, -0.05) is 42.0 Å². The van der Waals surface area contributed by atoms with Crippen molar-refractivity contribution in [3.8, 4) is 11.5 Å². The van der Waals surface area contributed by atoms with Crippen molar-refractivity contribution in [2.75, 3.05) is 20.3 Å². The molecule has 1 amide bonds. The molecule has 0 unspecified atom stereocenters. The Morgan fingerprint density at radius 2 is 1.79 bits per heavy atom. The van der Waals surface area contributed by atoms with Gasteiger partial charge in [0.1, 0.15) is 6.61 Å². The molecule has 1 aliphatic heterocycles. The number of hydrogen-bond donors (Lipinski definition) is 0. The number of benzene rings is 3. The zero-order chi connectivity index (χ0) is 27.1. The van der Waals surface area contributed by atoms with Gasteiger partial charge in [0, 0.05) is 7.05 Å². The summed E-state index contributed by atoms with van der Waals surface area (Å²) in [6.45, 7) is 6.93. The first-order valence-corrected chi connectivity index (χ1v) is 13.2. The number of aliphatic imine (C=N–C) groups is 1. The Labute approximate surface area is 227 Å². The zero-order valence-corrected chi connectivity index (χ0v) is 22.7. The van der Waals surface area contributed by atoms with Crippen LogP contribution < -0.4 is 9.47 Å². The molecular weight excluding hydrogens is 500 g/mol. The molecule has 38 heavy (non-hydrogen) atoms. The second-order valence-corrected chi connectivity index (χ2v) is 9.57. The van der Waals surface area contributed by atoms with Crippen LogP contribution in [0.4, 0.5) is 5.69 Å². The number of nitrogens with zero attached hydrogens (tertiary/aromatic N) is 2. The van der Waals surface area contributed by atoms with Gasteiger partial charge in [0.05, 0.1) is 29.4 Å². The van der Waals surface area contributed by atoms with Crippen molar-refractivity contribution in [2.45, 2.75) is 27.4 Å². The molecule has 7 nitrogen and oxygen atoms in total. The normalized spacial score (nSPS) is 15.3. The second-order valence-electron chi connectivity index (χ2n) is 8.56. The molecule has 8 heteroatoms. The van der Waals surface area contributed by atoms with E-state index >= 15 is 0 Å². The Morgan fingerprint density at radius 1 is 0.974 bits per heavy atom. The minimum Gasteiger partial charge on any atom is -0.490 e. The predicted octanol–water partition coefficient (Wildman–Crippen LogP) is 6.38. The maximum absolute atomic E-state index is 13.0. The van der Waals surface area contributed by atoms with Crippen molar-refractivity contribution >= 4 is 40.6 Å². The number of rotatable bonds is 9. The molecule has 0 radical (unpaired) electrons. The summed E-state index contributed by atoms with van der Waals surface area (Å²) < 4.78 is 16.9. The maximum atomic E-state index is 13.0. The van der Waals surface area contributed by atoms with Gasteiger partial charge >= 0.3 is 5.97 Å². The average Bonchev–Trinajstić information content (AvgIpc) is 3.16. The highest BCUT2D eigenvalue weighted by Crippen LogP contribution is 2.35. The lowest BCUT2D eigenvalue weighted by Crippen LogP contribution is -2.23. The number of thioether (sulfide) groups is 1. The monoisotopic (exact) mass is 530 g/mol. The highest BCUT2D eigenvalue weighted by Gasteiger charge is 2.30. The van der Waals surface area contributed by atoms with E-state index in [1.807, 2.05) is 56.3 Å². The van der Waals surface area contributed by atoms with Crippen molar-refractivity contribution in [1.29, 1.82) is 0 Å². The van der Waals surface area contributed by atoms with Gasteiger partial charge in [-0.2, -0.15) is 0 Å². The number of esters is 1. The molecule has 1 fully saturated rings. The minimum atomic E-state index is -0.407. The SMILES string of the molecule is CCOC(=O)c1cccc(N=C2SC(=Cc3ccc(OCc4cccc(C)c4)c(OCC)c3)C(=O)N2C)c1. The minimum absolute atomic E-state index is 0.159. The fraction of sp³-hybridized carbons (Fsp3) is 0.233. The summed E-state index contributed by atoms with van der Waals surface area (Å²) in [5, 5.41) is 0.519. The summed E-state index contributed by atoms with van der Waals surface area (Å²) in [6.07, 6.45) is 1.81. The number of amidine groups is 1. The van der Waals surface area contributed by atoms with E-state index in [1.165, 1.54) is 22.2 Å². The molecule has 4 rings (SSSR count). The molecule has 1 aliphatic rings. The fourth-order valence-electron chi connectivity index (χ4n) is 3.80. The van der Waals surface area contributed by atoms with Crippen LogP contribution in [0.3, 0.4) is 0 Å². The molecule has 0 atom stereocenters. The van der Waals surface area contributed by atoms with E-state index in [9.17, 15) is 9.59 Å². The number of hydrogen-bond acceptors (Lipinski definition) is 7. The molecule has 3 aromatic rings. The van der Waals surface area contributed by atoms with Gasteiger partial charge in [0.2, 0.25) is 0 Å². The summed E-state index contributed by atoms with van der Waals surface area (Å²) >= 11 is 1.27. The number of aryl methyl sites for hydroxylation is 1. The first-order valence-electron chi connectivity index (χ1n) is 12.4. The van der Waals surface area contributed by atoms with Crippen LogP contribution in [0.2, 0.25) is 0 Å². The maximum Gasteiger partial charge on any atom is 0.338 e. The van der Waals surface area contributed by atoms with Crippen LogP contribution in [-0.2, 0) is 16.1 Å². The van der Waals surface area contributed by atoms with Gasteiger partial charge in [-0.3, -0.25) is 9.69 Å². The van der Waals surface area contributed by atoms with E-state index in [0.717, 1.165) is 11.1 Å². The van der Waals surface area contributed by atoms with Crippen molar-refractivity contribution in [2.24, 2.45) is 4.99 Å². The molecule has 1 saturated heterocycles. The lowest BCUT2D eigenvalue weighted by Gasteiger charge is -2.13. The Hall–Kier alpha value is -4.04. The van der Waals surface area contributed by atoms with E-state index in [0.29, 0.717) is 52.6 Å². The van der Waals surface area contributed by atoms with Gasteiger partial charge < -0.3 is 14.2 Å². The molecular formula is C30H30N2O5S. The molecule has 0 aromatic heterocycles. The van der Waals surface area contributed by atoms with Crippen LogP contribution in [0.25, 0.3) is 6.08 Å². The Kier molecular flexibility index (Phi) is 8.86. The fourth-order valence-corrected chi connectivity index (χ4v) is 4.78. The highest BCUT2D eigenvalue weighted by atomic mass is 32.2. The van der Waals surface area contributed by atoms with Gasteiger partial charge in [-0.25, -0.2) is 9.79 Å². The van der Waals surface area contributed by atoms with Gasteiger partial charge in [0.25, 0.3) is 5.91 Å². The standard InChI is InChI=1S/C30H30N2O5S/c1-5-35-26-16-21(13-14-25(26)37-19-22-10-7-9-20(3)15-22)17-27-28(33)32(4)30(38-27)31-24-12-8-11-23(18-24)29(34)36-6-2/h7-18H,5-6,19H2,1-4H3. The molecule has 0 spiro atoms.